The third-order valence-electron chi connectivity index (χ3n) is 3.32. The average molecular weight is 279 g/mol. The normalized spacial score (nSPS) is 12.3. The van der Waals surface area contributed by atoms with Crippen molar-refractivity contribution in [3.05, 3.63) is 59.9 Å². The van der Waals surface area contributed by atoms with Crippen LogP contribution < -0.4 is 10.5 Å². The van der Waals surface area contributed by atoms with Gasteiger partial charge in [-0.25, -0.2) is 9.97 Å². The van der Waals surface area contributed by atoms with Crippen LogP contribution in [0.25, 0.3) is 10.9 Å². The highest BCUT2D eigenvalue weighted by molar-refractivity contribution is 5.84. The van der Waals surface area contributed by atoms with Crippen LogP contribution in [0, 0.1) is 6.92 Å². The van der Waals surface area contributed by atoms with E-state index in [-0.39, 0.29) is 6.04 Å². The third-order valence-corrected chi connectivity index (χ3v) is 3.32. The fourth-order valence-corrected chi connectivity index (χ4v) is 2.13. The van der Waals surface area contributed by atoms with E-state index in [1.807, 2.05) is 56.3 Å². The van der Waals surface area contributed by atoms with Crippen LogP contribution in [0.15, 0.2) is 48.7 Å². The Balaban J connectivity index is 1.96. The topological polar surface area (TPSA) is 61.0 Å². The Morgan fingerprint density at radius 1 is 1.10 bits per heavy atom. The van der Waals surface area contributed by atoms with Gasteiger partial charge in [0.1, 0.15) is 5.52 Å². The van der Waals surface area contributed by atoms with Crippen LogP contribution in [-0.2, 0) is 0 Å². The van der Waals surface area contributed by atoms with E-state index < -0.39 is 0 Å². The second-order valence-corrected chi connectivity index (χ2v) is 5.10. The van der Waals surface area contributed by atoms with E-state index in [0.29, 0.717) is 11.6 Å². The molecule has 21 heavy (non-hydrogen) atoms. The number of fused-ring (bicyclic) bond motifs is 1. The number of benzene rings is 1. The number of hydrogen-bond donors (Lipinski definition) is 1. The van der Waals surface area contributed by atoms with Gasteiger partial charge in [-0.05, 0) is 31.5 Å². The Kier molecular flexibility index (Phi) is 3.54. The number of para-hydroxylation sites is 1. The van der Waals surface area contributed by atoms with Crippen molar-refractivity contribution in [2.45, 2.75) is 19.9 Å². The molecule has 0 aliphatic rings. The van der Waals surface area contributed by atoms with Gasteiger partial charge in [-0.2, -0.15) is 0 Å². The van der Waals surface area contributed by atoms with Gasteiger partial charge in [0.15, 0.2) is 5.75 Å². The second kappa shape index (κ2) is 5.50. The maximum Gasteiger partial charge on any atom is 0.219 e. The Morgan fingerprint density at radius 3 is 2.67 bits per heavy atom. The molecule has 4 nitrogen and oxygen atoms in total. The van der Waals surface area contributed by atoms with Crippen LogP contribution >= 0.6 is 0 Å². The minimum absolute atomic E-state index is 0.0339. The minimum Gasteiger partial charge on any atom is -0.437 e. The SMILES string of the molecule is Cc1ccc2cccc(Oc3ccc([C@H](C)N)cn3)c2n1. The van der Waals surface area contributed by atoms with E-state index in [4.69, 9.17) is 10.5 Å². The molecule has 1 atom stereocenters. The molecular weight excluding hydrogens is 262 g/mol. The zero-order valence-electron chi connectivity index (χ0n) is 12.1. The molecule has 0 radical (unpaired) electrons. The van der Waals surface area contributed by atoms with Gasteiger partial charge < -0.3 is 10.5 Å². The first-order chi connectivity index (χ1) is 10.1. The van der Waals surface area contributed by atoms with Crippen molar-refractivity contribution in [2.75, 3.05) is 0 Å². The maximum atomic E-state index is 5.87. The summed E-state index contributed by atoms with van der Waals surface area (Å²) in [7, 11) is 0. The first-order valence-corrected chi connectivity index (χ1v) is 6.89. The van der Waals surface area contributed by atoms with Crippen molar-refractivity contribution in [2.24, 2.45) is 5.73 Å². The summed E-state index contributed by atoms with van der Waals surface area (Å²) in [5, 5.41) is 1.05. The molecule has 106 valence electrons. The van der Waals surface area contributed by atoms with E-state index in [1.54, 1.807) is 6.20 Å². The van der Waals surface area contributed by atoms with E-state index in [2.05, 4.69) is 9.97 Å². The monoisotopic (exact) mass is 279 g/mol. The number of pyridine rings is 2. The lowest BCUT2D eigenvalue weighted by molar-refractivity contribution is 0.466. The highest BCUT2D eigenvalue weighted by atomic mass is 16.5. The van der Waals surface area contributed by atoms with Gasteiger partial charge in [-0.15, -0.1) is 0 Å². The molecule has 4 heteroatoms. The van der Waals surface area contributed by atoms with Crippen molar-refractivity contribution in [3.63, 3.8) is 0 Å². The first-order valence-electron chi connectivity index (χ1n) is 6.89. The van der Waals surface area contributed by atoms with E-state index in [0.717, 1.165) is 22.2 Å². The van der Waals surface area contributed by atoms with Gasteiger partial charge in [0.05, 0.1) is 0 Å². The van der Waals surface area contributed by atoms with Crippen molar-refractivity contribution in [3.8, 4) is 11.6 Å². The molecule has 0 aliphatic heterocycles. The van der Waals surface area contributed by atoms with Gasteiger partial charge in [0.2, 0.25) is 5.88 Å². The van der Waals surface area contributed by atoms with Crippen LogP contribution in [0.5, 0.6) is 11.6 Å². The summed E-state index contributed by atoms with van der Waals surface area (Å²) in [6, 6.07) is 13.6. The van der Waals surface area contributed by atoms with E-state index in [9.17, 15) is 0 Å². The van der Waals surface area contributed by atoms with Gasteiger partial charge in [-0.1, -0.05) is 24.3 Å². The smallest absolute Gasteiger partial charge is 0.219 e. The summed E-state index contributed by atoms with van der Waals surface area (Å²) in [5.41, 5.74) is 8.60. The van der Waals surface area contributed by atoms with Crippen molar-refractivity contribution >= 4 is 10.9 Å². The number of aryl methyl sites for hydroxylation is 1. The standard InChI is InChI=1S/C17H17N3O/c1-11-6-7-13-4-3-5-15(17(13)20-11)21-16-9-8-14(10-19-16)12(2)18/h3-10,12H,18H2,1-2H3/t12-/m0/s1. The fraction of sp³-hybridized carbons (Fsp3) is 0.176. The lowest BCUT2D eigenvalue weighted by atomic mass is 10.1. The van der Waals surface area contributed by atoms with Crippen LogP contribution in [0.3, 0.4) is 0 Å². The number of ether oxygens (including phenoxy) is 1. The second-order valence-electron chi connectivity index (χ2n) is 5.10. The zero-order chi connectivity index (χ0) is 14.8. The molecular formula is C17H17N3O. The van der Waals surface area contributed by atoms with Crippen molar-refractivity contribution < 1.29 is 4.74 Å². The van der Waals surface area contributed by atoms with Crippen LogP contribution in [-0.4, -0.2) is 9.97 Å². The number of aromatic nitrogens is 2. The molecule has 2 heterocycles. The molecule has 0 spiro atoms. The van der Waals surface area contributed by atoms with Gasteiger partial charge in [0, 0.05) is 29.4 Å². The summed E-state index contributed by atoms with van der Waals surface area (Å²) in [5.74, 6) is 1.24. The summed E-state index contributed by atoms with van der Waals surface area (Å²) in [6.07, 6.45) is 1.74. The largest absolute Gasteiger partial charge is 0.437 e. The number of hydrogen-bond acceptors (Lipinski definition) is 4. The quantitative estimate of drug-likeness (QED) is 0.793. The van der Waals surface area contributed by atoms with Crippen molar-refractivity contribution in [1.29, 1.82) is 0 Å². The molecule has 2 N–H and O–H groups in total. The van der Waals surface area contributed by atoms with Crippen molar-refractivity contribution in [1.82, 2.24) is 9.97 Å². The summed E-state index contributed by atoms with van der Waals surface area (Å²) in [4.78, 5) is 8.84. The lowest BCUT2D eigenvalue weighted by Gasteiger charge is -2.09. The molecule has 0 saturated carbocycles. The lowest BCUT2D eigenvalue weighted by Crippen LogP contribution is -2.05. The predicted molar refractivity (Wildman–Crippen MR) is 83.4 cm³/mol. The van der Waals surface area contributed by atoms with Crippen LogP contribution in [0.1, 0.15) is 24.2 Å². The molecule has 0 bridgehead atoms. The molecule has 2 aromatic heterocycles. The number of nitrogens with zero attached hydrogens (tertiary/aromatic N) is 2. The third kappa shape index (κ3) is 2.85. The minimum atomic E-state index is -0.0339. The first kappa shape index (κ1) is 13.5. The Hall–Kier alpha value is -2.46. The Morgan fingerprint density at radius 2 is 1.95 bits per heavy atom. The number of nitrogens with two attached hydrogens (primary N) is 1. The molecule has 0 fully saturated rings. The highest BCUT2D eigenvalue weighted by Crippen LogP contribution is 2.28. The van der Waals surface area contributed by atoms with Gasteiger partial charge in [0.25, 0.3) is 0 Å². The maximum absolute atomic E-state index is 5.87. The van der Waals surface area contributed by atoms with Gasteiger partial charge >= 0.3 is 0 Å². The van der Waals surface area contributed by atoms with Crippen LogP contribution in [0.4, 0.5) is 0 Å². The molecule has 0 saturated heterocycles. The van der Waals surface area contributed by atoms with Gasteiger partial charge in [-0.3, -0.25) is 0 Å². The summed E-state index contributed by atoms with van der Waals surface area (Å²) >= 11 is 0. The zero-order valence-corrected chi connectivity index (χ0v) is 12.1. The molecule has 1 aromatic carbocycles. The van der Waals surface area contributed by atoms with Crippen LogP contribution in [0.2, 0.25) is 0 Å². The fourth-order valence-electron chi connectivity index (χ4n) is 2.13. The van der Waals surface area contributed by atoms with E-state index >= 15 is 0 Å². The number of rotatable bonds is 3. The van der Waals surface area contributed by atoms with E-state index in [1.165, 1.54) is 0 Å². The summed E-state index contributed by atoms with van der Waals surface area (Å²) in [6.45, 7) is 3.89. The Bertz CT molecular complexity index is 767. The molecule has 0 unspecified atom stereocenters. The highest BCUT2D eigenvalue weighted by Gasteiger charge is 2.07. The predicted octanol–water partition coefficient (Wildman–Crippen LogP) is 3.75. The Labute approximate surface area is 123 Å². The molecule has 3 rings (SSSR count). The molecule has 0 aliphatic carbocycles. The summed E-state index contributed by atoms with van der Waals surface area (Å²) < 4.78 is 5.87. The molecule has 3 aromatic rings. The molecule has 0 amide bonds. The average Bonchev–Trinajstić information content (AvgIpc) is 2.48.